The van der Waals surface area contributed by atoms with Crippen LogP contribution in [0.2, 0.25) is 0 Å². The van der Waals surface area contributed by atoms with Crippen LogP contribution in [0.1, 0.15) is 36.0 Å². The second-order valence-corrected chi connectivity index (χ2v) is 5.66. The normalized spacial score (nSPS) is 18.6. The average Bonchev–Trinajstić information content (AvgIpc) is 3.11. The molecule has 0 bridgehead atoms. The van der Waals surface area contributed by atoms with Crippen molar-refractivity contribution in [1.82, 2.24) is 9.55 Å². The van der Waals surface area contributed by atoms with Gasteiger partial charge in [-0.2, -0.15) is 5.26 Å². The average molecular weight is 301 g/mol. The van der Waals surface area contributed by atoms with Gasteiger partial charge in [0, 0.05) is 18.1 Å². The van der Waals surface area contributed by atoms with Crippen molar-refractivity contribution in [2.75, 3.05) is 0 Å². The van der Waals surface area contributed by atoms with Gasteiger partial charge >= 0.3 is 0 Å². The maximum Gasteiger partial charge on any atom is 0.0991 e. The molecule has 0 spiro atoms. The first-order valence-corrected chi connectivity index (χ1v) is 7.86. The van der Waals surface area contributed by atoms with Gasteiger partial charge in [0.1, 0.15) is 0 Å². The van der Waals surface area contributed by atoms with E-state index >= 15 is 0 Å². The molecule has 1 aliphatic rings. The van der Waals surface area contributed by atoms with E-state index in [1.165, 1.54) is 11.1 Å². The van der Waals surface area contributed by atoms with Gasteiger partial charge < -0.3 is 4.57 Å². The molecule has 3 heteroatoms. The fourth-order valence-corrected chi connectivity index (χ4v) is 2.80. The quantitative estimate of drug-likeness (QED) is 0.804. The molecule has 0 saturated heterocycles. The first kappa shape index (κ1) is 15.1. The summed E-state index contributed by atoms with van der Waals surface area (Å²) >= 11 is 0. The van der Waals surface area contributed by atoms with Gasteiger partial charge in [0.2, 0.25) is 0 Å². The molecule has 0 saturated carbocycles. The summed E-state index contributed by atoms with van der Waals surface area (Å²) in [5, 5.41) is 9.03. The molecule has 1 aromatic carbocycles. The Bertz CT molecular complexity index is 815. The molecule has 23 heavy (non-hydrogen) atoms. The topological polar surface area (TPSA) is 41.6 Å². The summed E-state index contributed by atoms with van der Waals surface area (Å²) in [6.45, 7) is 2.06. The highest BCUT2D eigenvalue weighted by atomic mass is 15.0. The fraction of sp³-hybridized carbons (Fsp3) is 0.200. The molecule has 0 atom stereocenters. The number of nitrogens with zero attached hydrogens (tertiary/aromatic N) is 3. The summed E-state index contributed by atoms with van der Waals surface area (Å²) < 4.78 is 2.03. The number of hydrogen-bond acceptors (Lipinski definition) is 2. The summed E-state index contributed by atoms with van der Waals surface area (Å²) in [6.07, 6.45) is 17.6. The molecule has 0 amide bonds. The van der Waals surface area contributed by atoms with Crippen LogP contribution in [0.15, 0.2) is 61.2 Å². The van der Waals surface area contributed by atoms with Crippen molar-refractivity contribution >= 4 is 11.3 Å². The Kier molecular flexibility index (Phi) is 4.54. The van der Waals surface area contributed by atoms with Gasteiger partial charge in [-0.1, -0.05) is 24.3 Å². The Balaban J connectivity index is 1.96. The molecule has 0 fully saturated rings. The number of benzene rings is 1. The molecule has 1 aromatic heterocycles. The van der Waals surface area contributed by atoms with Crippen LogP contribution in [0.4, 0.5) is 0 Å². The molecular formula is C20H19N3. The minimum Gasteiger partial charge on any atom is -0.307 e. The molecule has 114 valence electrons. The van der Waals surface area contributed by atoms with Crippen LogP contribution in [-0.4, -0.2) is 9.55 Å². The number of aromatic nitrogens is 2. The van der Waals surface area contributed by atoms with Gasteiger partial charge in [0.25, 0.3) is 0 Å². The summed E-state index contributed by atoms with van der Waals surface area (Å²) in [5.41, 5.74) is 5.37. The number of nitriles is 1. The second kappa shape index (κ2) is 6.93. The molecule has 3 nitrogen and oxygen atoms in total. The standard InChI is InChI=1S/C20H19N3/c1-16-13-17(14-21)7-10-20(16)18-5-3-2-4-6-19(9-8-18)23-12-11-22-15-23/h5-13,15H,2-4H2,1H3/b9-8-,18-5-,19-6?. The van der Waals surface area contributed by atoms with Gasteiger partial charge in [-0.3, -0.25) is 0 Å². The van der Waals surface area contributed by atoms with Crippen LogP contribution in [0, 0.1) is 18.3 Å². The largest absolute Gasteiger partial charge is 0.307 e. The van der Waals surface area contributed by atoms with E-state index in [1.807, 2.05) is 35.3 Å². The third-order valence-corrected chi connectivity index (χ3v) is 4.03. The minimum atomic E-state index is 0.706. The van der Waals surface area contributed by atoms with E-state index in [0.717, 1.165) is 30.5 Å². The van der Waals surface area contributed by atoms with Crippen molar-refractivity contribution in [1.29, 1.82) is 5.26 Å². The smallest absolute Gasteiger partial charge is 0.0991 e. The predicted octanol–water partition coefficient (Wildman–Crippen LogP) is 4.73. The molecule has 2 aromatic rings. The molecule has 0 N–H and O–H groups in total. The van der Waals surface area contributed by atoms with Gasteiger partial charge in [-0.15, -0.1) is 0 Å². The first-order chi connectivity index (χ1) is 11.3. The van der Waals surface area contributed by atoms with E-state index < -0.39 is 0 Å². The van der Waals surface area contributed by atoms with E-state index in [1.54, 1.807) is 6.20 Å². The SMILES string of the molecule is Cc1cc(C#N)ccc1C1=C\CCCC=C(n2ccnc2)/C=C\1. The summed E-state index contributed by atoms with van der Waals surface area (Å²) in [5.74, 6) is 0. The fourth-order valence-electron chi connectivity index (χ4n) is 2.80. The maximum absolute atomic E-state index is 9.03. The lowest BCUT2D eigenvalue weighted by Gasteiger charge is -2.08. The summed E-state index contributed by atoms with van der Waals surface area (Å²) in [7, 11) is 0. The number of hydrogen-bond donors (Lipinski definition) is 0. The Morgan fingerprint density at radius 1 is 1.17 bits per heavy atom. The third-order valence-electron chi connectivity index (χ3n) is 4.03. The van der Waals surface area contributed by atoms with Crippen LogP contribution in [0.3, 0.4) is 0 Å². The van der Waals surface area contributed by atoms with Crippen LogP contribution in [-0.2, 0) is 0 Å². The Morgan fingerprint density at radius 3 is 2.78 bits per heavy atom. The number of rotatable bonds is 2. The van der Waals surface area contributed by atoms with Gasteiger partial charge in [-0.05, 0) is 61.1 Å². The molecule has 0 unspecified atom stereocenters. The number of imidazole rings is 1. The molecular weight excluding hydrogens is 282 g/mol. The zero-order valence-corrected chi connectivity index (χ0v) is 13.2. The number of aryl methyl sites for hydroxylation is 1. The maximum atomic E-state index is 9.03. The summed E-state index contributed by atoms with van der Waals surface area (Å²) in [6, 6.07) is 8.08. The van der Waals surface area contributed by atoms with Crippen molar-refractivity contribution in [3.63, 3.8) is 0 Å². The van der Waals surface area contributed by atoms with Crippen molar-refractivity contribution in [2.24, 2.45) is 0 Å². The third kappa shape index (κ3) is 3.49. The molecule has 3 rings (SSSR count). The highest BCUT2D eigenvalue weighted by molar-refractivity contribution is 5.79. The molecule has 0 radical (unpaired) electrons. The Labute approximate surface area is 136 Å². The van der Waals surface area contributed by atoms with Crippen LogP contribution in [0.25, 0.3) is 11.3 Å². The van der Waals surface area contributed by atoms with E-state index in [9.17, 15) is 0 Å². The first-order valence-electron chi connectivity index (χ1n) is 7.86. The zero-order valence-electron chi connectivity index (χ0n) is 13.2. The second-order valence-electron chi connectivity index (χ2n) is 5.66. The Morgan fingerprint density at radius 2 is 2.04 bits per heavy atom. The van der Waals surface area contributed by atoms with Gasteiger partial charge in [0.05, 0.1) is 18.0 Å². The molecule has 0 aliphatic heterocycles. The minimum absolute atomic E-state index is 0.706. The predicted molar refractivity (Wildman–Crippen MR) is 93.4 cm³/mol. The van der Waals surface area contributed by atoms with E-state index in [0.29, 0.717) is 5.56 Å². The number of allylic oxidation sites excluding steroid dienone is 6. The highest BCUT2D eigenvalue weighted by Crippen LogP contribution is 2.25. The lowest BCUT2D eigenvalue weighted by molar-refractivity contribution is 0.867. The zero-order chi connectivity index (χ0) is 16.1. The van der Waals surface area contributed by atoms with E-state index in [2.05, 4.69) is 42.3 Å². The van der Waals surface area contributed by atoms with Gasteiger partial charge in [-0.25, -0.2) is 4.98 Å². The van der Waals surface area contributed by atoms with E-state index in [-0.39, 0.29) is 0 Å². The Hall–Kier alpha value is -2.86. The van der Waals surface area contributed by atoms with Crippen molar-refractivity contribution in [3.8, 4) is 6.07 Å². The van der Waals surface area contributed by atoms with Crippen LogP contribution in [0.5, 0.6) is 0 Å². The lowest BCUT2D eigenvalue weighted by Crippen LogP contribution is -1.91. The molecule has 1 heterocycles. The van der Waals surface area contributed by atoms with Crippen molar-refractivity contribution in [2.45, 2.75) is 26.2 Å². The van der Waals surface area contributed by atoms with Crippen molar-refractivity contribution < 1.29 is 0 Å². The lowest BCUT2D eigenvalue weighted by atomic mass is 9.97. The molecule has 1 aliphatic carbocycles. The van der Waals surface area contributed by atoms with E-state index in [4.69, 9.17) is 5.26 Å². The summed E-state index contributed by atoms with van der Waals surface area (Å²) in [4.78, 5) is 4.13. The van der Waals surface area contributed by atoms with Crippen LogP contribution >= 0.6 is 0 Å². The van der Waals surface area contributed by atoms with Crippen LogP contribution < -0.4 is 0 Å². The highest BCUT2D eigenvalue weighted by Gasteiger charge is 2.06. The van der Waals surface area contributed by atoms with Gasteiger partial charge in [0.15, 0.2) is 0 Å². The van der Waals surface area contributed by atoms with Crippen molar-refractivity contribution in [3.05, 3.63) is 77.9 Å². The monoisotopic (exact) mass is 301 g/mol.